The van der Waals surface area contributed by atoms with E-state index in [0.717, 1.165) is 6.42 Å². The summed E-state index contributed by atoms with van der Waals surface area (Å²) in [5, 5.41) is 2.13. The molecule has 0 spiro atoms. The molecule has 2 aromatic rings. The standard InChI is InChI=1S/C15H17F3N4O2/c1-8-19-12-10(6-7-22(12)14(20-8)24-2)13(23)21-11(15(16,17)18)9-4-3-5-9/h6-7,9,11H,3-5H2,1-2H3,(H,21,23). The van der Waals surface area contributed by atoms with Gasteiger partial charge in [0.2, 0.25) is 0 Å². The zero-order chi connectivity index (χ0) is 17.5. The van der Waals surface area contributed by atoms with Crippen molar-refractivity contribution >= 4 is 11.6 Å². The molecule has 6 nitrogen and oxygen atoms in total. The van der Waals surface area contributed by atoms with Crippen molar-refractivity contribution in [1.82, 2.24) is 19.7 Å². The Labute approximate surface area is 136 Å². The van der Waals surface area contributed by atoms with Crippen molar-refractivity contribution in [3.05, 3.63) is 23.7 Å². The molecule has 24 heavy (non-hydrogen) atoms. The van der Waals surface area contributed by atoms with E-state index in [1.165, 1.54) is 23.8 Å². The third kappa shape index (κ3) is 2.90. The van der Waals surface area contributed by atoms with Gasteiger partial charge >= 0.3 is 12.2 Å². The van der Waals surface area contributed by atoms with Gasteiger partial charge in [-0.15, -0.1) is 0 Å². The lowest BCUT2D eigenvalue weighted by atomic mass is 9.79. The molecule has 3 rings (SSSR count). The number of nitrogens with one attached hydrogen (secondary N) is 1. The van der Waals surface area contributed by atoms with Crippen LogP contribution in [0, 0.1) is 12.8 Å². The fourth-order valence-electron chi connectivity index (χ4n) is 2.84. The van der Waals surface area contributed by atoms with Gasteiger partial charge in [0.05, 0.1) is 12.7 Å². The summed E-state index contributed by atoms with van der Waals surface area (Å²) in [5.41, 5.74) is 0.277. The number of methoxy groups -OCH3 is 1. The molecular weight excluding hydrogens is 325 g/mol. The van der Waals surface area contributed by atoms with Crippen LogP contribution in [0.15, 0.2) is 12.3 Å². The molecule has 1 aliphatic rings. The maximum Gasteiger partial charge on any atom is 0.408 e. The highest BCUT2D eigenvalue weighted by atomic mass is 19.4. The maximum atomic E-state index is 13.2. The summed E-state index contributed by atoms with van der Waals surface area (Å²) >= 11 is 0. The molecule has 1 amide bonds. The first-order valence-electron chi connectivity index (χ1n) is 7.58. The number of aryl methyl sites for hydroxylation is 1. The van der Waals surface area contributed by atoms with Crippen molar-refractivity contribution in [1.29, 1.82) is 0 Å². The highest BCUT2D eigenvalue weighted by Gasteiger charge is 2.47. The molecule has 1 saturated carbocycles. The topological polar surface area (TPSA) is 68.5 Å². The van der Waals surface area contributed by atoms with Crippen LogP contribution in [0.3, 0.4) is 0 Å². The molecule has 1 fully saturated rings. The number of nitrogens with zero attached hydrogens (tertiary/aromatic N) is 3. The number of fused-ring (bicyclic) bond motifs is 1. The first kappa shape index (κ1) is 16.5. The van der Waals surface area contributed by atoms with E-state index < -0.39 is 24.0 Å². The summed E-state index contributed by atoms with van der Waals surface area (Å²) in [6.45, 7) is 1.62. The molecule has 1 unspecified atom stereocenters. The summed E-state index contributed by atoms with van der Waals surface area (Å²) in [6.07, 6.45) is -1.29. The molecule has 1 atom stereocenters. The third-order valence-corrected chi connectivity index (χ3v) is 4.28. The largest absolute Gasteiger partial charge is 0.468 e. The average molecular weight is 342 g/mol. The molecular formula is C15H17F3N4O2. The molecule has 1 N–H and O–H groups in total. The zero-order valence-corrected chi connectivity index (χ0v) is 13.2. The Hall–Kier alpha value is -2.32. The Balaban J connectivity index is 1.92. The van der Waals surface area contributed by atoms with Gasteiger partial charge < -0.3 is 10.1 Å². The number of carbonyl (C=O) groups excluding carboxylic acids is 1. The van der Waals surface area contributed by atoms with Gasteiger partial charge in [-0.05, 0) is 31.7 Å². The summed E-state index contributed by atoms with van der Waals surface area (Å²) in [7, 11) is 1.41. The Morgan fingerprint density at radius 1 is 1.42 bits per heavy atom. The predicted octanol–water partition coefficient (Wildman–Crippen LogP) is 2.51. The van der Waals surface area contributed by atoms with Crippen LogP contribution < -0.4 is 10.1 Å². The highest BCUT2D eigenvalue weighted by Crippen LogP contribution is 2.37. The number of ether oxygens (including phenoxy) is 1. The van der Waals surface area contributed by atoms with Gasteiger partial charge in [-0.2, -0.15) is 18.2 Å². The Morgan fingerprint density at radius 3 is 2.67 bits per heavy atom. The highest BCUT2D eigenvalue weighted by molar-refractivity contribution is 6.00. The van der Waals surface area contributed by atoms with Gasteiger partial charge in [-0.3, -0.25) is 9.20 Å². The molecule has 2 aromatic heterocycles. The molecule has 9 heteroatoms. The Bertz CT molecular complexity index is 768. The number of rotatable bonds is 4. The lowest BCUT2D eigenvalue weighted by molar-refractivity contribution is -0.171. The van der Waals surface area contributed by atoms with E-state index in [4.69, 9.17) is 4.74 Å². The van der Waals surface area contributed by atoms with E-state index in [9.17, 15) is 18.0 Å². The number of alkyl halides is 3. The summed E-state index contributed by atoms with van der Waals surface area (Å²) in [5.74, 6) is -1.00. The van der Waals surface area contributed by atoms with Crippen LogP contribution in [0.1, 0.15) is 35.4 Å². The molecule has 2 heterocycles. The minimum atomic E-state index is -4.47. The third-order valence-electron chi connectivity index (χ3n) is 4.28. The SMILES string of the molecule is COc1nc(C)nc2c(C(=O)NC(C3CCC3)C(F)(F)F)ccn12. The number of carbonyl (C=O) groups is 1. The normalized spacial score (nSPS) is 16.7. The van der Waals surface area contributed by atoms with E-state index in [1.54, 1.807) is 6.92 Å². The van der Waals surface area contributed by atoms with Crippen LogP contribution >= 0.6 is 0 Å². The van der Waals surface area contributed by atoms with Gasteiger partial charge in [0.25, 0.3) is 5.91 Å². The fraction of sp³-hybridized carbons (Fsp3) is 0.533. The smallest absolute Gasteiger partial charge is 0.408 e. The van der Waals surface area contributed by atoms with Crippen molar-refractivity contribution < 1.29 is 22.7 Å². The van der Waals surface area contributed by atoms with Crippen LogP contribution in [-0.2, 0) is 0 Å². The number of halogens is 3. The molecule has 130 valence electrons. The number of aromatic nitrogens is 3. The first-order valence-corrected chi connectivity index (χ1v) is 7.58. The summed E-state index contributed by atoms with van der Waals surface area (Å²) < 4.78 is 46.2. The molecule has 0 bridgehead atoms. The first-order chi connectivity index (χ1) is 11.3. The molecule has 0 radical (unpaired) electrons. The molecule has 1 aliphatic carbocycles. The predicted molar refractivity (Wildman–Crippen MR) is 78.9 cm³/mol. The second kappa shape index (κ2) is 5.95. The van der Waals surface area contributed by atoms with Crippen molar-refractivity contribution in [3.8, 4) is 6.01 Å². The minimum absolute atomic E-state index is 0.0624. The van der Waals surface area contributed by atoms with Gasteiger partial charge in [0, 0.05) is 6.20 Å². The summed E-state index contributed by atoms with van der Waals surface area (Å²) in [6, 6.07) is -0.211. The van der Waals surface area contributed by atoms with E-state index in [-0.39, 0.29) is 17.2 Å². The van der Waals surface area contributed by atoms with Crippen molar-refractivity contribution in [2.24, 2.45) is 5.92 Å². The van der Waals surface area contributed by atoms with Gasteiger partial charge in [-0.25, -0.2) is 4.98 Å². The van der Waals surface area contributed by atoms with Crippen LogP contribution in [0.25, 0.3) is 5.65 Å². The lowest BCUT2D eigenvalue weighted by Gasteiger charge is -2.35. The van der Waals surface area contributed by atoms with Crippen LogP contribution in [0.4, 0.5) is 13.2 Å². The number of hydrogen-bond donors (Lipinski definition) is 1. The Kier molecular flexibility index (Phi) is 4.10. The molecule has 0 aliphatic heterocycles. The van der Waals surface area contributed by atoms with E-state index >= 15 is 0 Å². The van der Waals surface area contributed by atoms with E-state index in [1.807, 2.05) is 0 Å². The number of hydrogen-bond acceptors (Lipinski definition) is 4. The van der Waals surface area contributed by atoms with Gasteiger partial charge in [0.1, 0.15) is 11.9 Å². The second-order valence-corrected chi connectivity index (χ2v) is 5.86. The fourth-order valence-corrected chi connectivity index (χ4v) is 2.84. The number of amides is 1. The minimum Gasteiger partial charge on any atom is -0.468 e. The quantitative estimate of drug-likeness (QED) is 0.927. The van der Waals surface area contributed by atoms with Gasteiger partial charge in [0.15, 0.2) is 5.65 Å². The monoisotopic (exact) mass is 342 g/mol. The van der Waals surface area contributed by atoms with E-state index in [0.29, 0.717) is 18.7 Å². The van der Waals surface area contributed by atoms with Crippen LogP contribution in [-0.4, -0.2) is 39.6 Å². The van der Waals surface area contributed by atoms with E-state index in [2.05, 4.69) is 15.3 Å². The second-order valence-electron chi connectivity index (χ2n) is 5.86. The average Bonchev–Trinajstić information content (AvgIpc) is 2.86. The molecule has 0 aromatic carbocycles. The van der Waals surface area contributed by atoms with Crippen molar-refractivity contribution in [2.75, 3.05) is 7.11 Å². The Morgan fingerprint density at radius 2 is 2.12 bits per heavy atom. The van der Waals surface area contributed by atoms with Gasteiger partial charge in [-0.1, -0.05) is 6.42 Å². The van der Waals surface area contributed by atoms with Crippen molar-refractivity contribution in [3.63, 3.8) is 0 Å². The zero-order valence-electron chi connectivity index (χ0n) is 13.2. The maximum absolute atomic E-state index is 13.2. The van der Waals surface area contributed by atoms with Crippen LogP contribution in [0.5, 0.6) is 6.01 Å². The molecule has 0 saturated heterocycles. The lowest BCUT2D eigenvalue weighted by Crippen LogP contribution is -2.52. The van der Waals surface area contributed by atoms with Crippen molar-refractivity contribution in [2.45, 2.75) is 38.4 Å². The van der Waals surface area contributed by atoms with Crippen LogP contribution in [0.2, 0.25) is 0 Å². The summed E-state index contributed by atoms with van der Waals surface area (Å²) in [4.78, 5) is 20.6.